The van der Waals surface area contributed by atoms with Crippen LogP contribution >= 0.6 is 0 Å². The van der Waals surface area contributed by atoms with Gasteiger partial charge in [0.1, 0.15) is 6.04 Å². The van der Waals surface area contributed by atoms with Crippen LogP contribution in [-0.4, -0.2) is 28.8 Å². The molecule has 0 aliphatic carbocycles. The van der Waals surface area contributed by atoms with Crippen LogP contribution in [0.4, 0.5) is 0 Å². The number of hydrogen-bond acceptors (Lipinski definition) is 2. The zero-order valence-electron chi connectivity index (χ0n) is 21.0. The van der Waals surface area contributed by atoms with Gasteiger partial charge in [-0.15, -0.1) is 0 Å². The van der Waals surface area contributed by atoms with Crippen molar-refractivity contribution in [3.05, 3.63) is 106 Å². The molecule has 0 fully saturated rings. The van der Waals surface area contributed by atoms with Gasteiger partial charge in [0.2, 0.25) is 11.8 Å². The van der Waals surface area contributed by atoms with Crippen LogP contribution < -0.4 is 5.32 Å². The lowest BCUT2D eigenvalue weighted by atomic mass is 10.00. The Labute approximate surface area is 204 Å². The highest BCUT2D eigenvalue weighted by molar-refractivity contribution is 5.89. The molecular weight excluding hydrogens is 420 g/mol. The van der Waals surface area contributed by atoms with Gasteiger partial charge in [-0.25, -0.2) is 0 Å². The second-order valence-corrected chi connectivity index (χ2v) is 9.55. The molecule has 34 heavy (non-hydrogen) atoms. The summed E-state index contributed by atoms with van der Waals surface area (Å²) in [5.74, 6) is -0.176. The summed E-state index contributed by atoms with van der Waals surface area (Å²) in [7, 11) is 0. The summed E-state index contributed by atoms with van der Waals surface area (Å²) >= 11 is 0. The van der Waals surface area contributed by atoms with Crippen LogP contribution in [0.25, 0.3) is 0 Å². The fourth-order valence-corrected chi connectivity index (χ4v) is 4.27. The molecule has 0 radical (unpaired) electrons. The van der Waals surface area contributed by atoms with Gasteiger partial charge in [-0.2, -0.15) is 0 Å². The molecule has 4 nitrogen and oxygen atoms in total. The fraction of sp³-hybridized carbons (Fsp3) is 0.333. The lowest BCUT2D eigenvalue weighted by molar-refractivity contribution is -0.141. The zero-order chi connectivity index (χ0) is 24.7. The molecule has 0 aliphatic rings. The fourth-order valence-electron chi connectivity index (χ4n) is 4.27. The summed E-state index contributed by atoms with van der Waals surface area (Å²) in [5.41, 5.74) is 6.43. The van der Waals surface area contributed by atoms with Crippen LogP contribution in [0.1, 0.15) is 47.2 Å². The summed E-state index contributed by atoms with van der Waals surface area (Å²) in [6, 6.07) is 23.7. The molecule has 2 amide bonds. The Kier molecular flexibility index (Phi) is 8.64. The molecule has 178 valence electrons. The van der Waals surface area contributed by atoms with E-state index >= 15 is 0 Å². The van der Waals surface area contributed by atoms with E-state index in [1.807, 2.05) is 89.2 Å². The minimum Gasteiger partial charge on any atom is -0.352 e. The topological polar surface area (TPSA) is 49.4 Å². The molecule has 0 spiro atoms. The number of nitrogens with one attached hydrogen (secondary N) is 1. The van der Waals surface area contributed by atoms with E-state index in [2.05, 4.69) is 23.5 Å². The maximum Gasteiger partial charge on any atom is 0.243 e. The number of carbonyl (C=O) groups is 2. The number of rotatable bonds is 9. The third kappa shape index (κ3) is 7.31. The Balaban J connectivity index is 1.98. The minimum atomic E-state index is -0.607. The van der Waals surface area contributed by atoms with Crippen LogP contribution in [0, 0.1) is 20.8 Å². The second-order valence-electron chi connectivity index (χ2n) is 9.55. The van der Waals surface area contributed by atoms with E-state index in [0.29, 0.717) is 13.0 Å². The minimum absolute atomic E-state index is 0.0125. The summed E-state index contributed by atoms with van der Waals surface area (Å²) in [4.78, 5) is 28.9. The van der Waals surface area contributed by atoms with Crippen molar-refractivity contribution in [3.8, 4) is 0 Å². The van der Waals surface area contributed by atoms with E-state index < -0.39 is 6.04 Å². The Morgan fingerprint density at radius 2 is 1.38 bits per heavy atom. The van der Waals surface area contributed by atoms with E-state index in [1.54, 1.807) is 4.90 Å². The lowest BCUT2D eigenvalue weighted by Crippen LogP contribution is -2.52. The first kappa shape index (κ1) is 25.2. The van der Waals surface area contributed by atoms with Gasteiger partial charge in [0.05, 0.1) is 6.42 Å². The summed E-state index contributed by atoms with van der Waals surface area (Å²) in [6.07, 6.45) is 0.721. The van der Waals surface area contributed by atoms with Gasteiger partial charge >= 0.3 is 0 Å². The molecule has 1 N–H and O–H groups in total. The van der Waals surface area contributed by atoms with Crippen LogP contribution in [0.5, 0.6) is 0 Å². The SMILES string of the molecule is Cc1ccc(CN(C(=O)Cc2cc(C)cc(C)c2)[C@H](Cc2ccccc2)C(=O)NC(C)C)cc1. The molecule has 3 aromatic rings. The van der Waals surface area contributed by atoms with Crippen molar-refractivity contribution in [1.82, 2.24) is 10.2 Å². The molecular formula is C30H36N2O2. The summed E-state index contributed by atoms with van der Waals surface area (Å²) in [5, 5.41) is 3.04. The molecule has 0 heterocycles. The van der Waals surface area contributed by atoms with Crippen molar-refractivity contribution in [3.63, 3.8) is 0 Å². The predicted octanol–water partition coefficient (Wildman–Crippen LogP) is 5.32. The Morgan fingerprint density at radius 1 is 0.765 bits per heavy atom. The molecule has 0 aliphatic heterocycles. The second kappa shape index (κ2) is 11.6. The molecule has 3 rings (SSSR count). The molecule has 0 aromatic heterocycles. The normalized spacial score (nSPS) is 11.8. The number of hydrogen-bond donors (Lipinski definition) is 1. The molecule has 3 aromatic carbocycles. The van der Waals surface area contributed by atoms with Crippen LogP contribution in [-0.2, 0) is 29.0 Å². The average Bonchev–Trinajstić information content (AvgIpc) is 2.77. The van der Waals surface area contributed by atoms with Crippen molar-refractivity contribution in [2.45, 2.75) is 66.1 Å². The van der Waals surface area contributed by atoms with E-state index in [9.17, 15) is 9.59 Å². The van der Waals surface area contributed by atoms with Crippen molar-refractivity contribution in [2.24, 2.45) is 0 Å². The summed E-state index contributed by atoms with van der Waals surface area (Å²) < 4.78 is 0. The van der Waals surface area contributed by atoms with Crippen molar-refractivity contribution in [1.29, 1.82) is 0 Å². The third-order valence-corrected chi connectivity index (χ3v) is 5.81. The van der Waals surface area contributed by atoms with E-state index in [0.717, 1.165) is 33.4 Å². The number of carbonyl (C=O) groups excluding carboxylic acids is 2. The zero-order valence-corrected chi connectivity index (χ0v) is 21.0. The monoisotopic (exact) mass is 456 g/mol. The highest BCUT2D eigenvalue weighted by atomic mass is 16.2. The first-order valence-electron chi connectivity index (χ1n) is 12.0. The highest BCUT2D eigenvalue weighted by Gasteiger charge is 2.30. The van der Waals surface area contributed by atoms with Crippen LogP contribution in [0.3, 0.4) is 0 Å². The van der Waals surface area contributed by atoms with Gasteiger partial charge in [-0.3, -0.25) is 9.59 Å². The summed E-state index contributed by atoms with van der Waals surface area (Å²) in [6.45, 7) is 10.4. The number of amides is 2. The van der Waals surface area contributed by atoms with Crippen molar-refractivity contribution < 1.29 is 9.59 Å². The Morgan fingerprint density at radius 3 is 1.97 bits per heavy atom. The Hall–Kier alpha value is -3.40. The molecule has 1 atom stereocenters. The largest absolute Gasteiger partial charge is 0.352 e. The van der Waals surface area contributed by atoms with Gasteiger partial charge < -0.3 is 10.2 Å². The lowest BCUT2D eigenvalue weighted by Gasteiger charge is -2.32. The third-order valence-electron chi connectivity index (χ3n) is 5.81. The quantitative estimate of drug-likeness (QED) is 0.474. The Bertz CT molecular complexity index is 1080. The molecule has 0 saturated heterocycles. The van der Waals surface area contributed by atoms with E-state index in [-0.39, 0.29) is 24.3 Å². The van der Waals surface area contributed by atoms with E-state index in [4.69, 9.17) is 0 Å². The smallest absolute Gasteiger partial charge is 0.243 e. The van der Waals surface area contributed by atoms with Gasteiger partial charge in [0.15, 0.2) is 0 Å². The van der Waals surface area contributed by atoms with Crippen molar-refractivity contribution >= 4 is 11.8 Å². The van der Waals surface area contributed by atoms with Crippen LogP contribution in [0.15, 0.2) is 72.8 Å². The average molecular weight is 457 g/mol. The molecule has 4 heteroatoms. The molecule has 0 unspecified atom stereocenters. The first-order valence-corrected chi connectivity index (χ1v) is 12.0. The molecule has 0 saturated carbocycles. The maximum atomic E-state index is 13.8. The number of nitrogens with zero attached hydrogens (tertiary/aromatic N) is 1. The maximum absolute atomic E-state index is 13.8. The first-order chi connectivity index (χ1) is 16.2. The van der Waals surface area contributed by atoms with Gasteiger partial charge in [0, 0.05) is 19.0 Å². The van der Waals surface area contributed by atoms with Gasteiger partial charge in [0.25, 0.3) is 0 Å². The standard InChI is InChI=1S/C30H36N2O2/c1-21(2)31-30(34)28(18-25-9-7-6-8-10-25)32(20-26-13-11-22(3)12-14-26)29(33)19-27-16-23(4)15-24(5)17-27/h6-17,21,28H,18-20H2,1-5H3,(H,31,34)/t28-/m1/s1. The highest BCUT2D eigenvalue weighted by Crippen LogP contribution is 2.18. The number of aryl methyl sites for hydroxylation is 3. The molecule has 0 bridgehead atoms. The van der Waals surface area contributed by atoms with E-state index in [1.165, 1.54) is 0 Å². The predicted molar refractivity (Wildman–Crippen MR) is 139 cm³/mol. The van der Waals surface area contributed by atoms with Gasteiger partial charge in [-0.05, 0) is 51.3 Å². The van der Waals surface area contributed by atoms with Gasteiger partial charge in [-0.1, -0.05) is 89.5 Å². The van der Waals surface area contributed by atoms with Crippen LogP contribution in [0.2, 0.25) is 0 Å². The number of benzene rings is 3. The van der Waals surface area contributed by atoms with Crippen molar-refractivity contribution in [2.75, 3.05) is 0 Å².